The highest BCUT2D eigenvalue weighted by molar-refractivity contribution is 5.94. The predicted molar refractivity (Wildman–Crippen MR) is 81.0 cm³/mol. The number of nitrogens with one attached hydrogen (secondary N) is 1. The molecule has 0 heterocycles. The van der Waals surface area contributed by atoms with E-state index in [1.807, 2.05) is 24.3 Å². The fourth-order valence-corrected chi connectivity index (χ4v) is 2.98. The molecule has 3 rings (SSSR count). The van der Waals surface area contributed by atoms with E-state index < -0.39 is 17.6 Å². The molecule has 120 valence electrons. The number of carbonyl (C=O) groups excluding carboxylic acids is 1. The molecule has 0 radical (unpaired) electrons. The molecule has 1 atom stereocenters. The Labute approximate surface area is 132 Å². The summed E-state index contributed by atoms with van der Waals surface area (Å²) in [6.07, 6.45) is -1.74. The van der Waals surface area contributed by atoms with Crippen molar-refractivity contribution in [3.8, 4) is 0 Å². The van der Waals surface area contributed by atoms with E-state index in [1.54, 1.807) is 0 Å². The van der Waals surface area contributed by atoms with Crippen LogP contribution in [0.1, 0.15) is 45.9 Å². The van der Waals surface area contributed by atoms with Crippen molar-refractivity contribution < 1.29 is 18.0 Å². The molecule has 2 nitrogen and oxygen atoms in total. The standard InChI is InChI=1S/C18H16F3NO/c19-18(20,21)14-8-3-7-13(11-14)17(23)22-16-10-4-6-12-5-1-2-9-15(12)16/h1-3,5,7-9,11,16H,4,6,10H2,(H,22,23). The molecular formula is C18H16F3NO. The molecule has 2 aromatic rings. The van der Waals surface area contributed by atoms with Crippen molar-refractivity contribution in [3.63, 3.8) is 0 Å². The normalized spacial score (nSPS) is 17.4. The summed E-state index contributed by atoms with van der Waals surface area (Å²) in [6.45, 7) is 0. The molecule has 2 aromatic carbocycles. The zero-order chi connectivity index (χ0) is 16.4. The van der Waals surface area contributed by atoms with Crippen LogP contribution >= 0.6 is 0 Å². The van der Waals surface area contributed by atoms with Crippen molar-refractivity contribution in [2.75, 3.05) is 0 Å². The largest absolute Gasteiger partial charge is 0.416 e. The Morgan fingerprint density at radius 3 is 2.65 bits per heavy atom. The number of fused-ring (bicyclic) bond motifs is 1. The summed E-state index contributed by atoms with van der Waals surface area (Å²) in [5.41, 5.74) is 1.46. The van der Waals surface area contributed by atoms with Gasteiger partial charge in [0.2, 0.25) is 0 Å². The predicted octanol–water partition coefficient (Wildman–Crippen LogP) is 4.51. The zero-order valence-corrected chi connectivity index (χ0v) is 12.4. The van der Waals surface area contributed by atoms with Gasteiger partial charge >= 0.3 is 6.18 Å². The second-order valence-electron chi connectivity index (χ2n) is 5.70. The van der Waals surface area contributed by atoms with E-state index in [-0.39, 0.29) is 11.6 Å². The van der Waals surface area contributed by atoms with Gasteiger partial charge in [0, 0.05) is 5.56 Å². The first-order valence-electron chi connectivity index (χ1n) is 7.51. The monoisotopic (exact) mass is 319 g/mol. The summed E-state index contributed by atoms with van der Waals surface area (Å²) < 4.78 is 38.3. The number of alkyl halides is 3. The van der Waals surface area contributed by atoms with Gasteiger partial charge in [-0.25, -0.2) is 0 Å². The first kappa shape index (κ1) is 15.6. The van der Waals surface area contributed by atoms with Crippen LogP contribution in [0, 0.1) is 0 Å². The number of aryl methyl sites for hydroxylation is 1. The molecule has 0 spiro atoms. The molecule has 1 aliphatic rings. The highest BCUT2D eigenvalue weighted by Crippen LogP contribution is 2.31. The fraction of sp³-hybridized carbons (Fsp3) is 0.278. The lowest BCUT2D eigenvalue weighted by molar-refractivity contribution is -0.137. The van der Waals surface area contributed by atoms with Crippen LogP contribution < -0.4 is 5.32 Å². The zero-order valence-electron chi connectivity index (χ0n) is 12.4. The Morgan fingerprint density at radius 1 is 1.09 bits per heavy atom. The number of amides is 1. The van der Waals surface area contributed by atoms with Crippen molar-refractivity contribution in [1.29, 1.82) is 0 Å². The van der Waals surface area contributed by atoms with Crippen LogP contribution in [0.15, 0.2) is 48.5 Å². The topological polar surface area (TPSA) is 29.1 Å². The molecule has 1 N–H and O–H groups in total. The average Bonchev–Trinajstić information content (AvgIpc) is 2.54. The first-order chi connectivity index (χ1) is 10.9. The number of hydrogen-bond acceptors (Lipinski definition) is 1. The second-order valence-corrected chi connectivity index (χ2v) is 5.70. The average molecular weight is 319 g/mol. The van der Waals surface area contributed by atoms with Gasteiger partial charge in [0.25, 0.3) is 5.91 Å². The molecule has 0 saturated carbocycles. The van der Waals surface area contributed by atoms with Crippen LogP contribution in [0.5, 0.6) is 0 Å². The van der Waals surface area contributed by atoms with Crippen molar-refractivity contribution in [1.82, 2.24) is 5.32 Å². The highest BCUT2D eigenvalue weighted by Gasteiger charge is 2.31. The fourth-order valence-electron chi connectivity index (χ4n) is 2.98. The van der Waals surface area contributed by atoms with E-state index in [2.05, 4.69) is 5.32 Å². The molecule has 1 aliphatic carbocycles. The second kappa shape index (κ2) is 6.07. The van der Waals surface area contributed by atoms with Gasteiger partial charge in [-0.05, 0) is 48.6 Å². The van der Waals surface area contributed by atoms with Crippen molar-refractivity contribution >= 4 is 5.91 Å². The van der Waals surface area contributed by atoms with Crippen LogP contribution in [-0.4, -0.2) is 5.91 Å². The SMILES string of the molecule is O=C(NC1CCCc2ccccc21)c1cccc(C(F)(F)F)c1. The third-order valence-electron chi connectivity index (χ3n) is 4.13. The third kappa shape index (κ3) is 3.38. The minimum atomic E-state index is -4.45. The maximum Gasteiger partial charge on any atom is 0.416 e. The van der Waals surface area contributed by atoms with Gasteiger partial charge < -0.3 is 5.32 Å². The highest BCUT2D eigenvalue weighted by atomic mass is 19.4. The summed E-state index contributed by atoms with van der Waals surface area (Å²) >= 11 is 0. The quantitative estimate of drug-likeness (QED) is 0.867. The summed E-state index contributed by atoms with van der Waals surface area (Å²) in [4.78, 5) is 12.3. The number of carbonyl (C=O) groups is 1. The maximum atomic E-state index is 12.8. The lowest BCUT2D eigenvalue weighted by atomic mass is 9.87. The summed E-state index contributed by atoms with van der Waals surface area (Å²) in [5, 5.41) is 2.86. The third-order valence-corrected chi connectivity index (χ3v) is 4.13. The van der Waals surface area contributed by atoms with Crippen molar-refractivity contribution in [3.05, 3.63) is 70.8 Å². The molecule has 0 fully saturated rings. The lowest BCUT2D eigenvalue weighted by Gasteiger charge is -2.26. The van der Waals surface area contributed by atoms with E-state index in [0.717, 1.165) is 37.0 Å². The number of rotatable bonds is 2. The molecule has 0 bridgehead atoms. The maximum absolute atomic E-state index is 12.8. The summed E-state index contributed by atoms with van der Waals surface area (Å²) in [6, 6.07) is 12.2. The van der Waals surface area contributed by atoms with Crippen molar-refractivity contribution in [2.45, 2.75) is 31.5 Å². The Balaban J connectivity index is 1.81. The number of hydrogen-bond donors (Lipinski definition) is 1. The molecule has 5 heteroatoms. The smallest absolute Gasteiger partial charge is 0.345 e. The summed E-state index contributed by atoms with van der Waals surface area (Å²) in [5.74, 6) is -0.474. The molecule has 0 saturated heterocycles. The van der Waals surface area contributed by atoms with E-state index in [9.17, 15) is 18.0 Å². The van der Waals surface area contributed by atoms with Gasteiger partial charge in [-0.2, -0.15) is 13.2 Å². The Bertz CT molecular complexity index is 724. The van der Waals surface area contributed by atoms with Crippen LogP contribution in [0.25, 0.3) is 0 Å². The molecular weight excluding hydrogens is 303 g/mol. The minimum Gasteiger partial charge on any atom is -0.345 e. The van der Waals surface area contributed by atoms with Crippen LogP contribution in [-0.2, 0) is 12.6 Å². The van der Waals surface area contributed by atoms with E-state index in [0.29, 0.717) is 0 Å². The lowest BCUT2D eigenvalue weighted by Crippen LogP contribution is -2.31. The minimum absolute atomic E-state index is 0.0304. The van der Waals surface area contributed by atoms with Gasteiger partial charge in [0.15, 0.2) is 0 Å². The molecule has 0 aliphatic heterocycles. The number of halogens is 3. The van der Waals surface area contributed by atoms with E-state index >= 15 is 0 Å². The molecule has 1 amide bonds. The van der Waals surface area contributed by atoms with E-state index in [4.69, 9.17) is 0 Å². The van der Waals surface area contributed by atoms with Crippen LogP contribution in [0.4, 0.5) is 13.2 Å². The van der Waals surface area contributed by atoms with Gasteiger partial charge in [-0.15, -0.1) is 0 Å². The molecule has 0 aromatic heterocycles. The summed E-state index contributed by atoms with van der Waals surface area (Å²) in [7, 11) is 0. The molecule has 1 unspecified atom stereocenters. The Kier molecular flexibility index (Phi) is 4.11. The van der Waals surface area contributed by atoms with Gasteiger partial charge in [0.1, 0.15) is 0 Å². The van der Waals surface area contributed by atoms with Gasteiger partial charge in [-0.1, -0.05) is 30.3 Å². The Hall–Kier alpha value is -2.30. The van der Waals surface area contributed by atoms with Crippen LogP contribution in [0.2, 0.25) is 0 Å². The number of benzene rings is 2. The van der Waals surface area contributed by atoms with Crippen LogP contribution in [0.3, 0.4) is 0 Å². The van der Waals surface area contributed by atoms with Gasteiger partial charge in [-0.3, -0.25) is 4.79 Å². The van der Waals surface area contributed by atoms with Gasteiger partial charge in [0.05, 0.1) is 11.6 Å². The van der Waals surface area contributed by atoms with E-state index in [1.165, 1.54) is 17.7 Å². The molecule has 23 heavy (non-hydrogen) atoms. The van der Waals surface area contributed by atoms with Crippen molar-refractivity contribution in [2.24, 2.45) is 0 Å². The first-order valence-corrected chi connectivity index (χ1v) is 7.51. The Morgan fingerprint density at radius 2 is 1.87 bits per heavy atom.